The number of carbonyl (C=O) groups excluding carboxylic acids is 1. The highest BCUT2D eigenvalue weighted by Crippen LogP contribution is 2.33. The van der Waals surface area contributed by atoms with E-state index in [1.165, 1.54) is 0 Å². The molecule has 0 saturated heterocycles. The van der Waals surface area contributed by atoms with Gasteiger partial charge in [-0.2, -0.15) is 0 Å². The molecule has 0 bridgehead atoms. The first-order valence-corrected chi connectivity index (χ1v) is 7.34. The lowest BCUT2D eigenvalue weighted by molar-refractivity contribution is -0.162. The molecule has 0 amide bonds. The molecule has 1 atom stereocenters. The van der Waals surface area contributed by atoms with Crippen molar-refractivity contribution in [1.82, 2.24) is 0 Å². The van der Waals surface area contributed by atoms with Crippen LogP contribution in [0.25, 0.3) is 0 Å². The molecule has 4 nitrogen and oxygen atoms in total. The van der Waals surface area contributed by atoms with Crippen LogP contribution in [0.3, 0.4) is 0 Å². The van der Waals surface area contributed by atoms with Gasteiger partial charge in [-0.05, 0) is 38.0 Å². The van der Waals surface area contributed by atoms with Gasteiger partial charge in [0.2, 0.25) is 0 Å². The fraction of sp³-hybridized carbons (Fsp3) is 0.375. The van der Waals surface area contributed by atoms with Crippen LogP contribution >= 0.6 is 15.9 Å². The summed E-state index contributed by atoms with van der Waals surface area (Å²) < 4.78 is 5.72. The lowest BCUT2D eigenvalue weighted by Crippen LogP contribution is -2.45. The van der Waals surface area contributed by atoms with Crippen LogP contribution in [0.5, 0.6) is 0 Å². The maximum atomic E-state index is 12.3. The smallest absolute Gasteiger partial charge is 0.328 e. The predicted octanol–water partition coefficient (Wildman–Crippen LogP) is 3.14. The molecular weight excluding hydrogens is 336 g/mol. The fourth-order valence-corrected chi connectivity index (χ4v) is 2.46. The van der Waals surface area contributed by atoms with E-state index in [9.17, 15) is 14.7 Å². The molecule has 0 aromatic heterocycles. The highest BCUT2D eigenvalue weighted by molar-refractivity contribution is 9.10. The summed E-state index contributed by atoms with van der Waals surface area (Å²) in [6.07, 6.45) is 0.368. The number of hydrogen-bond donors (Lipinski definition) is 1. The first-order valence-electron chi connectivity index (χ1n) is 6.55. The summed E-state index contributed by atoms with van der Waals surface area (Å²) in [5.74, 6) is 3.53. The quantitative estimate of drug-likeness (QED) is 0.485. The molecule has 0 heterocycles. The molecule has 1 aromatic rings. The number of halogens is 1. The van der Waals surface area contributed by atoms with E-state index < -0.39 is 17.4 Å². The summed E-state index contributed by atoms with van der Waals surface area (Å²) >= 11 is 3.30. The predicted molar refractivity (Wildman–Crippen MR) is 82.8 cm³/mol. The van der Waals surface area contributed by atoms with Gasteiger partial charge in [0.25, 0.3) is 0 Å². The molecule has 21 heavy (non-hydrogen) atoms. The Balaban J connectivity index is 3.38. The van der Waals surface area contributed by atoms with E-state index >= 15 is 0 Å². The zero-order valence-electron chi connectivity index (χ0n) is 12.0. The van der Waals surface area contributed by atoms with Crippen molar-refractivity contribution in [1.29, 1.82) is 0 Å². The average molecular weight is 353 g/mol. The summed E-state index contributed by atoms with van der Waals surface area (Å²) in [6.45, 7) is 3.45. The second-order valence-electron chi connectivity index (χ2n) is 4.37. The molecule has 0 saturated carbocycles. The van der Waals surface area contributed by atoms with Crippen molar-refractivity contribution in [3.05, 3.63) is 34.3 Å². The van der Waals surface area contributed by atoms with Crippen LogP contribution in [0.1, 0.15) is 32.3 Å². The molecule has 0 aliphatic rings. The third-order valence-electron chi connectivity index (χ3n) is 3.11. The lowest BCUT2D eigenvalue weighted by Gasteiger charge is -2.27. The van der Waals surface area contributed by atoms with Gasteiger partial charge >= 0.3 is 11.9 Å². The first kappa shape index (κ1) is 17.3. The van der Waals surface area contributed by atoms with E-state index in [-0.39, 0.29) is 13.0 Å². The van der Waals surface area contributed by atoms with Crippen molar-refractivity contribution < 1.29 is 19.4 Å². The van der Waals surface area contributed by atoms with E-state index in [0.29, 0.717) is 16.5 Å². The van der Waals surface area contributed by atoms with Crippen LogP contribution in [0.15, 0.2) is 28.7 Å². The number of benzene rings is 1. The van der Waals surface area contributed by atoms with Gasteiger partial charge < -0.3 is 9.84 Å². The summed E-state index contributed by atoms with van der Waals surface area (Å²) in [5.41, 5.74) is -1.34. The van der Waals surface area contributed by atoms with Crippen molar-refractivity contribution in [3.63, 3.8) is 0 Å². The molecule has 1 aromatic carbocycles. The average Bonchev–Trinajstić information content (AvgIpc) is 2.43. The molecule has 0 aliphatic carbocycles. The van der Waals surface area contributed by atoms with Gasteiger partial charge in [-0.25, -0.2) is 0 Å². The zero-order valence-corrected chi connectivity index (χ0v) is 13.6. The molecule has 1 rings (SSSR count). The van der Waals surface area contributed by atoms with E-state index in [4.69, 9.17) is 4.74 Å². The van der Waals surface area contributed by atoms with E-state index in [1.54, 1.807) is 38.1 Å². The summed E-state index contributed by atoms with van der Waals surface area (Å²) in [4.78, 5) is 24.2. The minimum Gasteiger partial charge on any atom is -0.480 e. The largest absolute Gasteiger partial charge is 0.480 e. The Morgan fingerprint density at radius 1 is 1.43 bits per heavy atom. The molecule has 0 spiro atoms. The molecule has 1 unspecified atom stereocenters. The van der Waals surface area contributed by atoms with Crippen LogP contribution in [0, 0.1) is 11.8 Å². The number of carbonyl (C=O) groups is 2. The third kappa shape index (κ3) is 3.85. The zero-order chi connectivity index (χ0) is 15.9. The first-order chi connectivity index (χ1) is 9.98. The number of hydrogen-bond acceptors (Lipinski definition) is 3. The third-order valence-corrected chi connectivity index (χ3v) is 3.60. The van der Waals surface area contributed by atoms with Gasteiger partial charge in [0.15, 0.2) is 5.41 Å². The fourth-order valence-electron chi connectivity index (χ4n) is 2.07. The maximum absolute atomic E-state index is 12.3. The number of ether oxygens (including phenoxy) is 1. The minimum absolute atomic E-state index is 0.0679. The Hall–Kier alpha value is -1.80. The van der Waals surface area contributed by atoms with Gasteiger partial charge in [0.1, 0.15) is 0 Å². The summed E-state index contributed by atoms with van der Waals surface area (Å²) in [5, 5.41) is 9.70. The SMILES string of the molecule is CC#CCCC(C(=O)O)(C(=O)OCC)c1cccc(Br)c1. The van der Waals surface area contributed by atoms with Crippen LogP contribution < -0.4 is 0 Å². The number of aliphatic carboxylic acids is 1. The maximum Gasteiger partial charge on any atom is 0.328 e. The van der Waals surface area contributed by atoms with Gasteiger partial charge in [-0.15, -0.1) is 11.8 Å². The van der Waals surface area contributed by atoms with Gasteiger partial charge in [0, 0.05) is 10.9 Å². The van der Waals surface area contributed by atoms with Gasteiger partial charge in [0.05, 0.1) is 6.61 Å². The van der Waals surface area contributed by atoms with Crippen LogP contribution in [0.4, 0.5) is 0 Å². The van der Waals surface area contributed by atoms with E-state index in [0.717, 1.165) is 0 Å². The molecule has 1 N–H and O–H groups in total. The monoisotopic (exact) mass is 352 g/mol. The van der Waals surface area contributed by atoms with Crippen molar-refractivity contribution >= 4 is 27.9 Å². The Morgan fingerprint density at radius 3 is 2.67 bits per heavy atom. The van der Waals surface area contributed by atoms with Crippen LogP contribution in [-0.4, -0.2) is 23.7 Å². The Labute approximate surface area is 132 Å². The van der Waals surface area contributed by atoms with Crippen LogP contribution in [-0.2, 0) is 19.7 Å². The Kier molecular flexibility index (Phi) is 6.44. The van der Waals surface area contributed by atoms with Crippen LogP contribution in [0.2, 0.25) is 0 Å². The number of rotatable bonds is 6. The number of carboxylic acids is 1. The Morgan fingerprint density at radius 2 is 2.14 bits per heavy atom. The standard InChI is InChI=1S/C16H17BrO4/c1-3-5-6-10-16(14(18)19,15(20)21-4-2)12-8-7-9-13(17)11-12/h7-9,11H,4,6,10H2,1-2H3,(H,18,19). The molecular formula is C16H17BrO4. The van der Waals surface area contributed by atoms with Crippen molar-refractivity contribution in [2.45, 2.75) is 32.1 Å². The molecule has 0 aliphatic heterocycles. The lowest BCUT2D eigenvalue weighted by atomic mass is 9.76. The molecule has 112 valence electrons. The molecule has 0 fully saturated rings. The van der Waals surface area contributed by atoms with Crippen molar-refractivity contribution in [2.24, 2.45) is 0 Å². The topological polar surface area (TPSA) is 63.6 Å². The normalized spacial score (nSPS) is 12.7. The number of carboxylic acid groups (broad SMARTS) is 1. The highest BCUT2D eigenvalue weighted by atomic mass is 79.9. The summed E-state index contributed by atoms with van der Waals surface area (Å²) in [6, 6.07) is 6.72. The second-order valence-corrected chi connectivity index (χ2v) is 5.28. The van der Waals surface area contributed by atoms with Crippen molar-refractivity contribution in [2.75, 3.05) is 6.61 Å². The molecule has 5 heteroatoms. The van der Waals surface area contributed by atoms with E-state index in [2.05, 4.69) is 27.8 Å². The summed E-state index contributed by atoms with van der Waals surface area (Å²) in [7, 11) is 0. The Bertz CT molecular complexity index is 585. The number of esters is 1. The van der Waals surface area contributed by atoms with Gasteiger partial charge in [-0.3, -0.25) is 9.59 Å². The van der Waals surface area contributed by atoms with Crippen molar-refractivity contribution in [3.8, 4) is 11.8 Å². The molecule has 0 radical (unpaired) electrons. The minimum atomic E-state index is -1.73. The van der Waals surface area contributed by atoms with E-state index in [1.807, 2.05) is 0 Å². The second kappa shape index (κ2) is 7.84. The highest BCUT2D eigenvalue weighted by Gasteiger charge is 2.49. The van der Waals surface area contributed by atoms with Gasteiger partial charge in [-0.1, -0.05) is 28.1 Å².